The zero-order valence-electron chi connectivity index (χ0n) is 9.07. The molecule has 90 valence electrons. The molecule has 3 aromatic rings. The maximum Gasteiger partial charge on any atom is 0.353 e. The molecule has 5 nitrogen and oxygen atoms in total. The van der Waals surface area contributed by atoms with Crippen molar-refractivity contribution >= 4 is 32.8 Å². The Morgan fingerprint density at radius 1 is 1.28 bits per heavy atom. The largest absolute Gasteiger partial charge is 0.477 e. The topological polar surface area (TPSA) is 81.8 Å². The van der Waals surface area contributed by atoms with E-state index in [1.807, 2.05) is 24.3 Å². The monoisotopic (exact) mass is 305 g/mol. The Morgan fingerprint density at radius 3 is 2.83 bits per heavy atom. The van der Waals surface area contributed by atoms with Crippen LogP contribution in [0, 0.1) is 0 Å². The Bertz CT molecular complexity index is 745. The van der Waals surface area contributed by atoms with Gasteiger partial charge in [0.15, 0.2) is 0 Å². The van der Waals surface area contributed by atoms with Crippen LogP contribution in [-0.4, -0.2) is 26.3 Å². The minimum Gasteiger partial charge on any atom is -0.477 e. The number of aromatic amines is 2. The standard InChI is InChI=1S/C12H8BrN3O2/c13-7-1-2-8-6(3-7)4-9(14-8)10-5-11(12(17)18)16-15-10/h1-5,14H,(H,15,16)(H,17,18). The SMILES string of the molecule is O=C(O)c1cc(-c2cc3cc(Br)ccc3[nH]2)n[nH]1. The number of carbonyl (C=O) groups is 1. The molecule has 3 N–H and O–H groups in total. The van der Waals surface area contributed by atoms with E-state index in [2.05, 4.69) is 31.1 Å². The molecule has 18 heavy (non-hydrogen) atoms. The molecular formula is C12H8BrN3O2. The number of carboxylic acid groups (broad SMARTS) is 1. The number of rotatable bonds is 2. The lowest BCUT2D eigenvalue weighted by molar-refractivity contribution is 0.0690. The average Bonchev–Trinajstić information content (AvgIpc) is 2.93. The lowest BCUT2D eigenvalue weighted by Gasteiger charge is -1.89. The number of hydrogen-bond acceptors (Lipinski definition) is 2. The molecule has 0 unspecified atom stereocenters. The normalized spacial score (nSPS) is 10.9. The van der Waals surface area contributed by atoms with Gasteiger partial charge < -0.3 is 10.1 Å². The first-order valence-corrected chi connectivity index (χ1v) is 6.00. The number of H-pyrrole nitrogens is 2. The van der Waals surface area contributed by atoms with Crippen LogP contribution in [0.5, 0.6) is 0 Å². The molecule has 0 radical (unpaired) electrons. The van der Waals surface area contributed by atoms with Crippen molar-refractivity contribution in [3.63, 3.8) is 0 Å². The third kappa shape index (κ3) is 1.80. The summed E-state index contributed by atoms with van der Waals surface area (Å²) in [6.07, 6.45) is 0. The highest BCUT2D eigenvalue weighted by Crippen LogP contribution is 2.25. The highest BCUT2D eigenvalue weighted by atomic mass is 79.9. The molecule has 0 fully saturated rings. The zero-order valence-corrected chi connectivity index (χ0v) is 10.7. The molecule has 3 rings (SSSR count). The number of benzene rings is 1. The van der Waals surface area contributed by atoms with Gasteiger partial charge in [0.05, 0.1) is 5.69 Å². The second-order valence-electron chi connectivity index (χ2n) is 3.89. The Labute approximate surface area is 110 Å². The van der Waals surface area contributed by atoms with Crippen LogP contribution in [0.25, 0.3) is 22.3 Å². The molecule has 0 aliphatic carbocycles. The number of carboxylic acids is 1. The summed E-state index contributed by atoms with van der Waals surface area (Å²) in [5, 5.41) is 16.3. The van der Waals surface area contributed by atoms with E-state index < -0.39 is 5.97 Å². The van der Waals surface area contributed by atoms with Crippen molar-refractivity contribution in [1.29, 1.82) is 0 Å². The van der Waals surface area contributed by atoms with Crippen molar-refractivity contribution in [3.05, 3.63) is 40.5 Å². The van der Waals surface area contributed by atoms with Gasteiger partial charge in [-0.25, -0.2) is 4.79 Å². The van der Waals surface area contributed by atoms with E-state index in [1.165, 1.54) is 6.07 Å². The number of nitrogens with one attached hydrogen (secondary N) is 2. The van der Waals surface area contributed by atoms with E-state index in [4.69, 9.17) is 5.11 Å². The van der Waals surface area contributed by atoms with Crippen LogP contribution in [0.2, 0.25) is 0 Å². The minimum atomic E-state index is -1.02. The van der Waals surface area contributed by atoms with E-state index in [-0.39, 0.29) is 5.69 Å². The molecule has 0 amide bonds. The van der Waals surface area contributed by atoms with Crippen LogP contribution in [0.3, 0.4) is 0 Å². The molecule has 0 spiro atoms. The predicted molar refractivity (Wildman–Crippen MR) is 70.5 cm³/mol. The Hall–Kier alpha value is -2.08. The summed E-state index contributed by atoms with van der Waals surface area (Å²) in [6.45, 7) is 0. The molecule has 0 bridgehead atoms. The van der Waals surface area contributed by atoms with E-state index in [1.54, 1.807) is 0 Å². The number of hydrogen-bond donors (Lipinski definition) is 3. The lowest BCUT2D eigenvalue weighted by atomic mass is 10.2. The lowest BCUT2D eigenvalue weighted by Crippen LogP contribution is -1.95. The fourth-order valence-electron chi connectivity index (χ4n) is 1.81. The summed E-state index contributed by atoms with van der Waals surface area (Å²) in [6, 6.07) is 9.31. The van der Waals surface area contributed by atoms with E-state index in [0.29, 0.717) is 5.69 Å². The number of halogens is 1. The summed E-state index contributed by atoms with van der Waals surface area (Å²) in [5.74, 6) is -1.02. The van der Waals surface area contributed by atoms with Gasteiger partial charge in [0.2, 0.25) is 0 Å². The van der Waals surface area contributed by atoms with Gasteiger partial charge in [0.1, 0.15) is 11.4 Å². The van der Waals surface area contributed by atoms with Gasteiger partial charge in [-0.05, 0) is 24.3 Å². The number of aromatic carboxylic acids is 1. The molecule has 0 aliphatic rings. The molecule has 0 saturated heterocycles. The van der Waals surface area contributed by atoms with Crippen molar-refractivity contribution in [2.24, 2.45) is 0 Å². The van der Waals surface area contributed by atoms with Crippen molar-refractivity contribution in [3.8, 4) is 11.4 Å². The summed E-state index contributed by atoms with van der Waals surface area (Å²) < 4.78 is 0.994. The van der Waals surface area contributed by atoms with Crippen molar-refractivity contribution in [2.75, 3.05) is 0 Å². The second kappa shape index (κ2) is 3.99. The molecule has 0 saturated carbocycles. The fourth-order valence-corrected chi connectivity index (χ4v) is 2.19. The molecule has 6 heteroatoms. The summed E-state index contributed by atoms with van der Waals surface area (Å²) in [7, 11) is 0. The van der Waals surface area contributed by atoms with Crippen LogP contribution < -0.4 is 0 Å². The first kappa shape index (κ1) is 11.0. The highest BCUT2D eigenvalue weighted by molar-refractivity contribution is 9.10. The molecule has 1 aromatic carbocycles. The van der Waals surface area contributed by atoms with Crippen LogP contribution in [0.15, 0.2) is 34.8 Å². The second-order valence-corrected chi connectivity index (χ2v) is 4.80. The maximum absolute atomic E-state index is 10.8. The third-order valence-corrected chi connectivity index (χ3v) is 3.16. The fraction of sp³-hybridized carbons (Fsp3) is 0. The van der Waals surface area contributed by atoms with Gasteiger partial charge in [-0.15, -0.1) is 0 Å². The van der Waals surface area contributed by atoms with Crippen LogP contribution in [0.4, 0.5) is 0 Å². The summed E-state index contributed by atoms with van der Waals surface area (Å²) in [5.41, 5.74) is 2.42. The van der Waals surface area contributed by atoms with Gasteiger partial charge in [-0.1, -0.05) is 15.9 Å². The summed E-state index contributed by atoms with van der Waals surface area (Å²) >= 11 is 3.41. The van der Waals surface area contributed by atoms with E-state index in [0.717, 1.165) is 21.1 Å². The van der Waals surface area contributed by atoms with Gasteiger partial charge >= 0.3 is 5.97 Å². The van der Waals surface area contributed by atoms with E-state index >= 15 is 0 Å². The highest BCUT2D eigenvalue weighted by Gasteiger charge is 2.11. The summed E-state index contributed by atoms with van der Waals surface area (Å²) in [4.78, 5) is 14.0. The number of fused-ring (bicyclic) bond motifs is 1. The number of nitrogens with zero attached hydrogens (tertiary/aromatic N) is 1. The molecule has 2 aromatic heterocycles. The predicted octanol–water partition coefficient (Wildman–Crippen LogP) is 3.02. The van der Waals surface area contributed by atoms with Gasteiger partial charge in [-0.3, -0.25) is 5.10 Å². The van der Waals surface area contributed by atoms with Crippen molar-refractivity contribution in [1.82, 2.24) is 15.2 Å². The van der Waals surface area contributed by atoms with Crippen LogP contribution in [-0.2, 0) is 0 Å². The van der Waals surface area contributed by atoms with Crippen LogP contribution >= 0.6 is 15.9 Å². The molecule has 2 heterocycles. The quantitative estimate of drug-likeness (QED) is 0.680. The van der Waals surface area contributed by atoms with Crippen LogP contribution in [0.1, 0.15) is 10.5 Å². The first-order chi connectivity index (χ1) is 8.63. The van der Waals surface area contributed by atoms with Gasteiger partial charge in [0.25, 0.3) is 0 Å². The average molecular weight is 306 g/mol. The molecule has 0 aliphatic heterocycles. The van der Waals surface area contributed by atoms with Crippen molar-refractivity contribution in [2.45, 2.75) is 0 Å². The van der Waals surface area contributed by atoms with Gasteiger partial charge in [-0.2, -0.15) is 5.10 Å². The van der Waals surface area contributed by atoms with E-state index in [9.17, 15) is 4.79 Å². The Balaban J connectivity index is 2.10. The minimum absolute atomic E-state index is 0.0739. The molecule has 0 atom stereocenters. The third-order valence-electron chi connectivity index (χ3n) is 2.67. The molecular weight excluding hydrogens is 298 g/mol. The Morgan fingerprint density at radius 2 is 2.11 bits per heavy atom. The van der Waals surface area contributed by atoms with Crippen molar-refractivity contribution < 1.29 is 9.90 Å². The zero-order chi connectivity index (χ0) is 12.7. The number of aromatic nitrogens is 3. The Kier molecular flexibility index (Phi) is 2.45. The smallest absolute Gasteiger partial charge is 0.353 e. The first-order valence-electron chi connectivity index (χ1n) is 5.21. The maximum atomic E-state index is 10.8. The van der Waals surface area contributed by atoms with Gasteiger partial charge in [0, 0.05) is 21.4 Å².